The predicted molar refractivity (Wildman–Crippen MR) is 118 cm³/mol. The normalized spacial score (nSPS) is 11.2. The Hall–Kier alpha value is -3.55. The number of anilines is 1. The van der Waals surface area contributed by atoms with Gasteiger partial charge in [-0.25, -0.2) is 9.59 Å². The van der Waals surface area contributed by atoms with Gasteiger partial charge in [0, 0.05) is 24.8 Å². The third-order valence-electron chi connectivity index (χ3n) is 4.63. The molecule has 0 aliphatic heterocycles. The Balaban J connectivity index is 1.71. The van der Waals surface area contributed by atoms with Crippen LogP contribution in [0.4, 0.5) is 10.5 Å². The van der Waals surface area contributed by atoms with Crippen LogP contribution in [0.15, 0.2) is 54.6 Å². The molecule has 0 fully saturated rings. The summed E-state index contributed by atoms with van der Waals surface area (Å²) in [6.07, 6.45) is 1.14. The molecular weight excluding hydrogens is 398 g/mol. The molecule has 2 rings (SSSR count). The lowest BCUT2D eigenvalue weighted by molar-refractivity contribution is -0.143. The molecule has 0 aliphatic rings. The van der Waals surface area contributed by atoms with Gasteiger partial charge in [-0.1, -0.05) is 30.3 Å². The fourth-order valence-electron chi connectivity index (χ4n) is 2.86. The summed E-state index contributed by atoms with van der Waals surface area (Å²) in [6.45, 7) is 0.610. The zero-order chi connectivity index (χ0) is 22.5. The van der Waals surface area contributed by atoms with Crippen LogP contribution in [-0.2, 0) is 20.9 Å². The molecule has 8 heteroatoms. The van der Waals surface area contributed by atoms with Crippen LogP contribution in [0.25, 0.3) is 0 Å². The molecule has 0 radical (unpaired) electrons. The van der Waals surface area contributed by atoms with Crippen molar-refractivity contribution in [2.24, 2.45) is 0 Å². The Morgan fingerprint density at radius 1 is 0.968 bits per heavy atom. The van der Waals surface area contributed by atoms with Crippen LogP contribution in [0.5, 0.6) is 0 Å². The number of carbonyl (C=O) groups excluding carboxylic acids is 3. The first-order valence-corrected chi connectivity index (χ1v) is 10.1. The smallest absolute Gasteiger partial charge is 0.407 e. The van der Waals surface area contributed by atoms with Crippen molar-refractivity contribution in [1.82, 2.24) is 10.6 Å². The fourth-order valence-corrected chi connectivity index (χ4v) is 2.86. The quantitative estimate of drug-likeness (QED) is 0.376. The predicted octanol–water partition coefficient (Wildman–Crippen LogP) is 3.10. The molecule has 8 nitrogen and oxygen atoms in total. The van der Waals surface area contributed by atoms with Crippen LogP contribution in [0, 0.1) is 0 Å². The third-order valence-corrected chi connectivity index (χ3v) is 4.63. The second kappa shape index (κ2) is 12.9. The van der Waals surface area contributed by atoms with Crippen LogP contribution < -0.4 is 16.0 Å². The molecule has 2 amide bonds. The van der Waals surface area contributed by atoms with Crippen LogP contribution >= 0.6 is 0 Å². The van der Waals surface area contributed by atoms with E-state index in [-0.39, 0.29) is 12.5 Å². The number of methoxy groups -OCH3 is 1. The van der Waals surface area contributed by atoms with Gasteiger partial charge in [-0.15, -0.1) is 0 Å². The Morgan fingerprint density at radius 2 is 1.68 bits per heavy atom. The molecule has 0 bridgehead atoms. The van der Waals surface area contributed by atoms with Crippen LogP contribution in [0.3, 0.4) is 0 Å². The van der Waals surface area contributed by atoms with Crippen molar-refractivity contribution in [3.05, 3.63) is 65.7 Å². The third kappa shape index (κ3) is 8.38. The van der Waals surface area contributed by atoms with Crippen molar-refractivity contribution in [1.29, 1.82) is 0 Å². The fraction of sp³-hybridized carbons (Fsp3) is 0.348. The molecule has 0 heterocycles. The molecule has 0 aliphatic carbocycles. The molecule has 31 heavy (non-hydrogen) atoms. The Kier molecular flexibility index (Phi) is 9.87. The Labute approximate surface area is 182 Å². The highest BCUT2D eigenvalue weighted by molar-refractivity contribution is 5.97. The number of carbonyl (C=O) groups is 3. The first-order chi connectivity index (χ1) is 15.0. The summed E-state index contributed by atoms with van der Waals surface area (Å²) in [5, 5.41) is 8.37. The minimum atomic E-state index is -0.758. The molecule has 0 aromatic heterocycles. The lowest BCUT2D eigenvalue weighted by atomic mass is 10.1. The van der Waals surface area contributed by atoms with Crippen molar-refractivity contribution in [3.63, 3.8) is 0 Å². The molecular formula is C23H29N3O5. The van der Waals surface area contributed by atoms with Gasteiger partial charge < -0.3 is 25.4 Å². The molecule has 166 valence electrons. The minimum Gasteiger partial charge on any atom is -0.467 e. The van der Waals surface area contributed by atoms with E-state index in [2.05, 4.69) is 16.0 Å². The molecule has 1 unspecified atom stereocenters. The first-order valence-electron chi connectivity index (χ1n) is 10.1. The van der Waals surface area contributed by atoms with Gasteiger partial charge in [-0.05, 0) is 49.1 Å². The Morgan fingerprint density at radius 3 is 2.32 bits per heavy atom. The number of rotatable bonds is 11. The molecule has 1 atom stereocenters. The van der Waals surface area contributed by atoms with Crippen LogP contribution in [0.1, 0.15) is 35.2 Å². The van der Waals surface area contributed by atoms with E-state index in [1.54, 1.807) is 31.3 Å². The Bertz CT molecular complexity index is 840. The lowest BCUT2D eigenvalue weighted by Gasteiger charge is -2.16. The largest absolute Gasteiger partial charge is 0.467 e. The molecule has 0 spiro atoms. The highest BCUT2D eigenvalue weighted by atomic mass is 16.5. The topological polar surface area (TPSA) is 106 Å². The number of nitrogens with one attached hydrogen (secondary N) is 3. The summed E-state index contributed by atoms with van der Waals surface area (Å²) < 4.78 is 9.95. The summed E-state index contributed by atoms with van der Waals surface area (Å²) in [7, 11) is 3.08. The SMILES string of the molecule is CNc1ccc(C(=O)NC(CCCCNC(=O)OCc2ccccc2)C(=O)OC)cc1. The van der Waals surface area contributed by atoms with Crippen LogP contribution in [-0.4, -0.2) is 44.7 Å². The van der Waals surface area contributed by atoms with E-state index in [9.17, 15) is 14.4 Å². The van der Waals surface area contributed by atoms with E-state index >= 15 is 0 Å². The standard InChI is InChI=1S/C23H29N3O5/c1-24-19-13-11-18(12-14-19)21(27)26-20(22(28)30-2)10-6-7-15-25-23(29)31-16-17-8-4-3-5-9-17/h3-5,8-9,11-14,20,24H,6-7,10,15-16H2,1-2H3,(H,25,29)(H,26,27). The van der Waals surface area contributed by atoms with Gasteiger partial charge in [0.2, 0.25) is 0 Å². The number of ether oxygens (including phenoxy) is 2. The van der Waals surface area contributed by atoms with Crippen molar-refractivity contribution in [2.45, 2.75) is 31.9 Å². The minimum absolute atomic E-state index is 0.207. The zero-order valence-electron chi connectivity index (χ0n) is 17.9. The molecule has 0 saturated heterocycles. The summed E-state index contributed by atoms with van der Waals surface area (Å²) in [5.41, 5.74) is 2.25. The number of hydrogen-bond acceptors (Lipinski definition) is 6. The van der Waals surface area contributed by atoms with E-state index in [1.807, 2.05) is 30.3 Å². The summed E-state index contributed by atoms with van der Waals surface area (Å²) in [6, 6.07) is 15.6. The molecule has 3 N–H and O–H groups in total. The van der Waals surface area contributed by atoms with E-state index in [4.69, 9.17) is 9.47 Å². The van der Waals surface area contributed by atoms with E-state index < -0.39 is 18.1 Å². The second-order valence-electron chi connectivity index (χ2n) is 6.86. The lowest BCUT2D eigenvalue weighted by Crippen LogP contribution is -2.41. The number of alkyl carbamates (subject to hydrolysis) is 1. The molecule has 2 aromatic rings. The van der Waals surface area contributed by atoms with Crippen LogP contribution in [0.2, 0.25) is 0 Å². The molecule has 2 aromatic carbocycles. The summed E-state index contributed by atoms with van der Waals surface area (Å²) in [5.74, 6) is -0.851. The summed E-state index contributed by atoms with van der Waals surface area (Å²) in [4.78, 5) is 36.2. The van der Waals surface area contributed by atoms with Gasteiger partial charge in [0.15, 0.2) is 0 Å². The maximum Gasteiger partial charge on any atom is 0.407 e. The van der Waals surface area contributed by atoms with Crippen molar-refractivity contribution in [3.8, 4) is 0 Å². The average Bonchev–Trinajstić information content (AvgIpc) is 2.81. The summed E-state index contributed by atoms with van der Waals surface area (Å²) >= 11 is 0. The van der Waals surface area contributed by atoms with E-state index in [0.29, 0.717) is 31.4 Å². The van der Waals surface area contributed by atoms with E-state index in [0.717, 1.165) is 11.3 Å². The zero-order valence-corrected chi connectivity index (χ0v) is 17.9. The number of benzene rings is 2. The number of unbranched alkanes of at least 4 members (excludes halogenated alkanes) is 1. The van der Waals surface area contributed by atoms with Gasteiger partial charge in [0.05, 0.1) is 7.11 Å². The average molecular weight is 428 g/mol. The highest BCUT2D eigenvalue weighted by Crippen LogP contribution is 2.10. The number of amides is 2. The number of hydrogen-bond donors (Lipinski definition) is 3. The van der Waals surface area contributed by atoms with Gasteiger partial charge in [0.1, 0.15) is 12.6 Å². The highest BCUT2D eigenvalue weighted by Gasteiger charge is 2.21. The second-order valence-corrected chi connectivity index (χ2v) is 6.86. The monoisotopic (exact) mass is 427 g/mol. The first kappa shape index (κ1) is 23.7. The van der Waals surface area contributed by atoms with Crippen molar-refractivity contribution >= 4 is 23.7 Å². The van der Waals surface area contributed by atoms with Crippen molar-refractivity contribution in [2.75, 3.05) is 26.0 Å². The maximum absolute atomic E-state index is 12.4. The maximum atomic E-state index is 12.4. The van der Waals surface area contributed by atoms with Gasteiger partial charge in [-0.3, -0.25) is 4.79 Å². The van der Waals surface area contributed by atoms with Gasteiger partial charge in [-0.2, -0.15) is 0 Å². The molecule has 0 saturated carbocycles. The van der Waals surface area contributed by atoms with Gasteiger partial charge >= 0.3 is 12.1 Å². The van der Waals surface area contributed by atoms with Gasteiger partial charge in [0.25, 0.3) is 5.91 Å². The van der Waals surface area contributed by atoms with Crippen molar-refractivity contribution < 1.29 is 23.9 Å². The number of esters is 1. The van der Waals surface area contributed by atoms with E-state index in [1.165, 1.54) is 7.11 Å².